The van der Waals surface area contributed by atoms with Gasteiger partial charge in [-0.3, -0.25) is 0 Å². The van der Waals surface area contributed by atoms with Crippen LogP contribution in [0.1, 0.15) is 55.1 Å². The van der Waals surface area contributed by atoms with Crippen molar-refractivity contribution in [3.8, 4) is 0 Å². The molecule has 2 aromatic rings. The van der Waals surface area contributed by atoms with Gasteiger partial charge < -0.3 is 10.2 Å². The van der Waals surface area contributed by atoms with Crippen LogP contribution in [0.15, 0.2) is 114 Å². The Morgan fingerprint density at radius 1 is 0.975 bits per heavy atom. The van der Waals surface area contributed by atoms with Crippen LogP contribution in [-0.2, 0) is 0 Å². The zero-order valence-electron chi connectivity index (χ0n) is 22.7. The highest BCUT2D eigenvalue weighted by Gasteiger charge is 2.42. The Kier molecular flexibility index (Phi) is 6.37. The molecule has 202 valence electrons. The van der Waals surface area contributed by atoms with E-state index in [1.54, 1.807) is 4.91 Å². The molecule has 0 saturated carbocycles. The minimum absolute atomic E-state index is 0.209. The summed E-state index contributed by atoms with van der Waals surface area (Å²) >= 11 is 6.97. The van der Waals surface area contributed by atoms with E-state index in [2.05, 4.69) is 125 Å². The number of thiol groups is 1. The fraction of sp³-hybridized carbons (Fsp3) is 0.333. The number of thioether (sulfide) groups is 1. The summed E-state index contributed by atoms with van der Waals surface area (Å²) in [4.78, 5) is 4.15. The van der Waals surface area contributed by atoms with Gasteiger partial charge in [0.2, 0.25) is 0 Å². The third kappa shape index (κ3) is 4.18. The van der Waals surface area contributed by atoms with Crippen LogP contribution in [0, 0.1) is 11.8 Å². The molecule has 0 radical (unpaired) electrons. The SMILES string of the molecule is SC1C=CC=CC1c1cccc(N2C3=CCCCC3c3c(NC4C=CC5SC6=CC=CCC6C5C4)cccc32)c1. The standard InChI is InChI=1S/C36H36N2S2/c39-33-17-5-2-11-26(33)23-9-7-10-25(21-23)38-31-15-4-1-13-28(31)36-30(14-8-16-32(36)38)37-24-19-20-35-29(22-24)27-12-3-6-18-34(27)40-35/h2-3,5-11,14-21,24,26-29,33,35,37,39H,1,4,12-13,22H2. The Morgan fingerprint density at radius 3 is 2.85 bits per heavy atom. The maximum atomic E-state index is 4.87. The number of rotatable bonds is 4. The molecule has 6 aliphatic rings. The van der Waals surface area contributed by atoms with Crippen LogP contribution in [0.3, 0.4) is 0 Å². The van der Waals surface area contributed by atoms with E-state index in [4.69, 9.17) is 12.6 Å². The molecule has 1 fully saturated rings. The van der Waals surface area contributed by atoms with E-state index in [9.17, 15) is 0 Å². The van der Waals surface area contributed by atoms with Crippen molar-refractivity contribution < 1.29 is 0 Å². The average molecular weight is 561 g/mol. The van der Waals surface area contributed by atoms with Gasteiger partial charge in [-0.2, -0.15) is 12.6 Å². The van der Waals surface area contributed by atoms with Gasteiger partial charge in [0.25, 0.3) is 0 Å². The molecule has 0 bridgehead atoms. The quantitative estimate of drug-likeness (QED) is 0.286. The van der Waals surface area contributed by atoms with Crippen molar-refractivity contribution in [1.82, 2.24) is 0 Å². The molecular formula is C36H36N2S2. The topological polar surface area (TPSA) is 15.3 Å². The number of fused-ring (bicyclic) bond motifs is 6. The number of allylic oxidation sites excluding steroid dienone is 9. The minimum atomic E-state index is 0.209. The first-order valence-corrected chi connectivity index (χ1v) is 16.4. The molecule has 1 N–H and O–H groups in total. The van der Waals surface area contributed by atoms with Gasteiger partial charge in [-0.05, 0) is 78.7 Å². The molecule has 2 heterocycles. The molecule has 1 saturated heterocycles. The Balaban J connectivity index is 1.12. The lowest BCUT2D eigenvalue weighted by molar-refractivity contribution is 0.372. The second kappa shape index (κ2) is 10.2. The molecule has 2 nitrogen and oxygen atoms in total. The Bertz CT molecular complexity index is 1510. The molecule has 40 heavy (non-hydrogen) atoms. The smallest absolute Gasteiger partial charge is 0.0517 e. The summed E-state index contributed by atoms with van der Waals surface area (Å²) in [6, 6.07) is 16.5. The van der Waals surface area contributed by atoms with Gasteiger partial charge >= 0.3 is 0 Å². The maximum absolute atomic E-state index is 4.87. The number of hydrogen-bond acceptors (Lipinski definition) is 4. The molecular weight excluding hydrogens is 525 g/mol. The molecule has 0 spiro atoms. The van der Waals surface area contributed by atoms with E-state index >= 15 is 0 Å². The van der Waals surface area contributed by atoms with Crippen molar-refractivity contribution in [2.24, 2.45) is 11.8 Å². The average Bonchev–Trinajstić information content (AvgIpc) is 3.54. The summed E-state index contributed by atoms with van der Waals surface area (Å²) in [6.07, 6.45) is 29.2. The summed E-state index contributed by atoms with van der Waals surface area (Å²) in [5, 5.41) is 4.90. The van der Waals surface area contributed by atoms with Gasteiger partial charge in [0.1, 0.15) is 0 Å². The largest absolute Gasteiger partial charge is 0.379 e. The van der Waals surface area contributed by atoms with Gasteiger partial charge in [0.05, 0.1) is 5.69 Å². The number of nitrogens with zero attached hydrogens (tertiary/aromatic N) is 1. The first-order chi connectivity index (χ1) is 19.7. The highest BCUT2D eigenvalue weighted by Crippen LogP contribution is 2.56. The highest BCUT2D eigenvalue weighted by molar-refractivity contribution is 8.04. The van der Waals surface area contributed by atoms with Crippen molar-refractivity contribution in [3.63, 3.8) is 0 Å². The summed E-state index contributed by atoms with van der Waals surface area (Å²) in [6.45, 7) is 0. The van der Waals surface area contributed by atoms with Crippen LogP contribution in [0.2, 0.25) is 0 Å². The zero-order valence-corrected chi connectivity index (χ0v) is 24.4. The van der Waals surface area contributed by atoms with Gasteiger partial charge in [0, 0.05) is 51.0 Å². The lowest BCUT2D eigenvalue weighted by Gasteiger charge is -2.31. The van der Waals surface area contributed by atoms with Crippen molar-refractivity contribution in [3.05, 3.63) is 125 Å². The van der Waals surface area contributed by atoms with Crippen LogP contribution >= 0.6 is 24.4 Å². The van der Waals surface area contributed by atoms with Crippen LogP contribution in [0.5, 0.6) is 0 Å². The lowest BCUT2D eigenvalue weighted by Crippen LogP contribution is -2.31. The van der Waals surface area contributed by atoms with E-state index in [1.165, 1.54) is 59.6 Å². The molecule has 4 aliphatic carbocycles. The molecule has 2 aliphatic heterocycles. The number of anilines is 3. The van der Waals surface area contributed by atoms with Gasteiger partial charge in [-0.25, -0.2) is 0 Å². The van der Waals surface area contributed by atoms with Crippen molar-refractivity contribution in [2.75, 3.05) is 10.2 Å². The van der Waals surface area contributed by atoms with E-state index in [0.29, 0.717) is 29.0 Å². The molecule has 7 atom stereocenters. The first-order valence-electron chi connectivity index (χ1n) is 15.0. The normalized spacial score (nSPS) is 33.1. The fourth-order valence-corrected chi connectivity index (χ4v) is 9.79. The summed E-state index contributed by atoms with van der Waals surface area (Å²) in [5.74, 6) is 2.18. The van der Waals surface area contributed by atoms with Crippen molar-refractivity contribution >= 4 is 41.5 Å². The van der Waals surface area contributed by atoms with Crippen LogP contribution in [0.4, 0.5) is 17.1 Å². The Labute approximate surface area is 248 Å². The third-order valence-corrected chi connectivity index (χ3v) is 11.7. The molecule has 7 unspecified atom stereocenters. The minimum Gasteiger partial charge on any atom is -0.379 e. The molecule has 8 rings (SSSR count). The Hall–Kier alpha value is -2.82. The predicted molar refractivity (Wildman–Crippen MR) is 175 cm³/mol. The van der Waals surface area contributed by atoms with Gasteiger partial charge in [0.15, 0.2) is 0 Å². The number of benzene rings is 2. The monoisotopic (exact) mass is 560 g/mol. The number of hydrogen-bond donors (Lipinski definition) is 2. The maximum Gasteiger partial charge on any atom is 0.0517 e. The molecule has 2 aromatic carbocycles. The summed E-state index contributed by atoms with van der Waals surface area (Å²) in [7, 11) is 0. The second-order valence-electron chi connectivity index (χ2n) is 12.0. The predicted octanol–water partition coefficient (Wildman–Crippen LogP) is 9.43. The Morgan fingerprint density at radius 2 is 1.90 bits per heavy atom. The molecule has 0 amide bonds. The van der Waals surface area contributed by atoms with E-state index < -0.39 is 0 Å². The van der Waals surface area contributed by atoms with E-state index in [0.717, 1.165) is 12.3 Å². The van der Waals surface area contributed by atoms with Gasteiger partial charge in [-0.1, -0.05) is 79.0 Å². The summed E-state index contributed by atoms with van der Waals surface area (Å²) in [5.41, 5.74) is 8.22. The van der Waals surface area contributed by atoms with Crippen LogP contribution < -0.4 is 10.2 Å². The van der Waals surface area contributed by atoms with Gasteiger partial charge in [-0.15, -0.1) is 11.8 Å². The van der Waals surface area contributed by atoms with Crippen LogP contribution in [-0.4, -0.2) is 16.5 Å². The third-order valence-electron chi connectivity index (χ3n) is 9.72. The lowest BCUT2D eigenvalue weighted by atomic mass is 9.78. The van der Waals surface area contributed by atoms with E-state index in [1.807, 2.05) is 0 Å². The van der Waals surface area contributed by atoms with Crippen LogP contribution in [0.25, 0.3) is 0 Å². The van der Waals surface area contributed by atoms with E-state index in [-0.39, 0.29) is 5.25 Å². The highest BCUT2D eigenvalue weighted by atomic mass is 32.2. The first kappa shape index (κ1) is 24.9. The molecule has 0 aromatic heterocycles. The summed E-state index contributed by atoms with van der Waals surface area (Å²) < 4.78 is 0. The molecule has 4 heteroatoms. The number of nitrogens with one attached hydrogen (secondary N) is 1. The van der Waals surface area contributed by atoms with Crippen molar-refractivity contribution in [1.29, 1.82) is 0 Å². The van der Waals surface area contributed by atoms with Crippen molar-refractivity contribution in [2.45, 2.75) is 60.5 Å². The zero-order chi connectivity index (χ0) is 26.6. The second-order valence-corrected chi connectivity index (χ2v) is 13.9. The fourth-order valence-electron chi connectivity index (χ4n) is 7.86.